The summed E-state index contributed by atoms with van der Waals surface area (Å²) >= 11 is 5.99. The van der Waals surface area contributed by atoms with Gasteiger partial charge in [-0.25, -0.2) is 9.18 Å². The van der Waals surface area contributed by atoms with Gasteiger partial charge in [-0.3, -0.25) is 0 Å². The van der Waals surface area contributed by atoms with Gasteiger partial charge < -0.3 is 19.9 Å². The van der Waals surface area contributed by atoms with Crippen molar-refractivity contribution >= 4 is 23.3 Å². The summed E-state index contributed by atoms with van der Waals surface area (Å²) in [5, 5.41) is 12.4. The Bertz CT molecular complexity index is 1030. The molecule has 0 saturated carbocycles. The van der Waals surface area contributed by atoms with Crippen molar-refractivity contribution in [1.82, 2.24) is 0 Å². The first-order valence-electron chi connectivity index (χ1n) is 8.77. The van der Waals surface area contributed by atoms with Gasteiger partial charge in [-0.15, -0.1) is 0 Å². The molecule has 2 N–H and O–H groups in total. The topological polar surface area (TPSA) is 67.8 Å². The number of anilines is 1. The summed E-state index contributed by atoms with van der Waals surface area (Å²) in [6, 6.07) is 16.5. The molecule has 0 aliphatic heterocycles. The maximum absolute atomic E-state index is 13.7. The van der Waals surface area contributed by atoms with Crippen LogP contribution in [0.5, 0.6) is 11.5 Å². The van der Waals surface area contributed by atoms with E-state index in [2.05, 4.69) is 5.32 Å². The van der Waals surface area contributed by atoms with Crippen LogP contribution in [0.2, 0.25) is 5.02 Å². The largest absolute Gasteiger partial charge is 0.493 e. The number of benzene rings is 3. The van der Waals surface area contributed by atoms with Gasteiger partial charge in [0.2, 0.25) is 0 Å². The Labute approximate surface area is 172 Å². The maximum Gasteiger partial charge on any atom is 0.337 e. The van der Waals surface area contributed by atoms with Crippen LogP contribution in [-0.2, 0) is 13.2 Å². The number of ether oxygens (including phenoxy) is 2. The van der Waals surface area contributed by atoms with Crippen molar-refractivity contribution < 1.29 is 23.8 Å². The van der Waals surface area contributed by atoms with E-state index in [1.54, 1.807) is 36.4 Å². The molecular weight excluding hydrogens is 397 g/mol. The van der Waals surface area contributed by atoms with E-state index in [1.807, 2.05) is 12.1 Å². The summed E-state index contributed by atoms with van der Waals surface area (Å²) in [6.45, 7) is 0.557. The fraction of sp³-hybridized carbons (Fsp3) is 0.136. The molecule has 0 heterocycles. The quantitative estimate of drug-likeness (QED) is 0.517. The lowest BCUT2D eigenvalue weighted by Crippen LogP contribution is -2.03. The zero-order valence-electron chi connectivity index (χ0n) is 15.6. The second-order valence-electron chi connectivity index (χ2n) is 6.22. The lowest BCUT2D eigenvalue weighted by atomic mass is 10.1. The van der Waals surface area contributed by atoms with E-state index >= 15 is 0 Å². The predicted octanol–water partition coefficient (Wildman–Crippen LogP) is 5.38. The van der Waals surface area contributed by atoms with Crippen LogP contribution in [-0.4, -0.2) is 18.2 Å². The maximum atomic E-state index is 13.7. The lowest BCUT2D eigenvalue weighted by Gasteiger charge is -2.13. The van der Waals surface area contributed by atoms with Crippen molar-refractivity contribution in [3.8, 4) is 11.5 Å². The monoisotopic (exact) mass is 415 g/mol. The van der Waals surface area contributed by atoms with E-state index in [9.17, 15) is 9.18 Å². The highest BCUT2D eigenvalue weighted by molar-refractivity contribution is 6.33. The average Bonchev–Trinajstić information content (AvgIpc) is 2.71. The molecule has 5 nitrogen and oxygen atoms in total. The van der Waals surface area contributed by atoms with Crippen molar-refractivity contribution in [2.75, 3.05) is 12.4 Å². The van der Waals surface area contributed by atoms with Crippen LogP contribution < -0.4 is 14.8 Å². The van der Waals surface area contributed by atoms with Gasteiger partial charge in [-0.2, -0.15) is 0 Å². The summed E-state index contributed by atoms with van der Waals surface area (Å²) in [6.07, 6.45) is 0. The van der Waals surface area contributed by atoms with Gasteiger partial charge in [0.05, 0.1) is 17.7 Å². The minimum atomic E-state index is -1.07. The molecule has 0 aliphatic rings. The third kappa shape index (κ3) is 5.18. The zero-order chi connectivity index (χ0) is 20.8. The van der Waals surface area contributed by atoms with E-state index < -0.39 is 5.97 Å². The first-order chi connectivity index (χ1) is 14.0. The molecule has 0 atom stereocenters. The Morgan fingerprint density at radius 2 is 1.90 bits per heavy atom. The summed E-state index contributed by atoms with van der Waals surface area (Å²) in [7, 11) is 1.53. The smallest absolute Gasteiger partial charge is 0.337 e. The Hall–Kier alpha value is -3.25. The molecule has 0 aliphatic carbocycles. The molecule has 0 amide bonds. The van der Waals surface area contributed by atoms with E-state index in [0.29, 0.717) is 29.3 Å². The average molecular weight is 416 g/mol. The Morgan fingerprint density at radius 1 is 1.10 bits per heavy atom. The summed E-state index contributed by atoms with van der Waals surface area (Å²) in [4.78, 5) is 11.0. The van der Waals surface area contributed by atoms with Crippen LogP contribution in [0.1, 0.15) is 21.5 Å². The number of nitrogens with one attached hydrogen (secondary N) is 1. The van der Waals surface area contributed by atoms with Gasteiger partial charge in [0.1, 0.15) is 12.4 Å². The molecule has 7 heteroatoms. The van der Waals surface area contributed by atoms with Gasteiger partial charge >= 0.3 is 5.97 Å². The van der Waals surface area contributed by atoms with Crippen molar-refractivity contribution in [1.29, 1.82) is 0 Å². The number of hydrogen-bond donors (Lipinski definition) is 2. The van der Waals surface area contributed by atoms with E-state index in [0.717, 1.165) is 5.56 Å². The first kappa shape index (κ1) is 20.5. The Kier molecular flexibility index (Phi) is 6.57. The number of aromatic carboxylic acids is 1. The SMILES string of the molecule is COc1cc(CNc2ccc(C(=O)O)c(Cl)c2)ccc1OCc1ccccc1F. The molecule has 0 unspecified atom stereocenters. The van der Waals surface area contributed by atoms with Gasteiger partial charge in [-0.05, 0) is 42.0 Å². The van der Waals surface area contributed by atoms with Gasteiger partial charge in [-0.1, -0.05) is 35.9 Å². The van der Waals surface area contributed by atoms with Crippen molar-refractivity contribution in [3.63, 3.8) is 0 Å². The standard InChI is InChI=1S/C22H19ClFNO4/c1-28-21-10-14(12-25-16-7-8-17(22(26)27)18(23)11-16)6-9-20(21)29-13-15-4-2-3-5-19(15)24/h2-11,25H,12-13H2,1H3,(H,26,27). The number of hydrogen-bond acceptors (Lipinski definition) is 4. The predicted molar refractivity (Wildman–Crippen MR) is 109 cm³/mol. The summed E-state index contributed by atoms with van der Waals surface area (Å²) in [5.74, 6) is -0.356. The molecule has 0 aromatic heterocycles. The molecule has 0 bridgehead atoms. The second-order valence-corrected chi connectivity index (χ2v) is 6.63. The van der Waals surface area contributed by atoms with Crippen LogP contribution in [0.15, 0.2) is 60.7 Å². The van der Waals surface area contributed by atoms with E-state index in [-0.39, 0.29) is 23.0 Å². The van der Waals surface area contributed by atoms with Gasteiger partial charge in [0.15, 0.2) is 11.5 Å². The summed E-state index contributed by atoms with van der Waals surface area (Å²) < 4.78 is 24.8. The van der Waals surface area contributed by atoms with Crippen LogP contribution >= 0.6 is 11.6 Å². The molecule has 3 rings (SSSR count). The fourth-order valence-electron chi connectivity index (χ4n) is 2.71. The highest BCUT2D eigenvalue weighted by Gasteiger charge is 2.10. The van der Waals surface area contributed by atoms with Crippen molar-refractivity contribution in [3.05, 3.63) is 88.2 Å². The van der Waals surface area contributed by atoms with Gasteiger partial charge in [0.25, 0.3) is 0 Å². The number of carboxylic acid groups (broad SMARTS) is 1. The second kappa shape index (κ2) is 9.30. The number of methoxy groups -OCH3 is 1. The number of halogens is 2. The van der Waals surface area contributed by atoms with E-state index in [4.69, 9.17) is 26.2 Å². The lowest BCUT2D eigenvalue weighted by molar-refractivity contribution is 0.0697. The Balaban J connectivity index is 1.66. The first-order valence-corrected chi connectivity index (χ1v) is 9.15. The van der Waals surface area contributed by atoms with Crippen LogP contribution in [0.25, 0.3) is 0 Å². The molecule has 0 spiro atoms. The molecule has 0 saturated heterocycles. The molecule has 0 fully saturated rings. The van der Waals surface area contributed by atoms with Gasteiger partial charge in [0, 0.05) is 17.8 Å². The van der Waals surface area contributed by atoms with Crippen molar-refractivity contribution in [2.24, 2.45) is 0 Å². The third-order valence-corrected chi connectivity index (χ3v) is 4.58. The highest BCUT2D eigenvalue weighted by atomic mass is 35.5. The molecule has 0 radical (unpaired) electrons. The molecule has 29 heavy (non-hydrogen) atoms. The Morgan fingerprint density at radius 3 is 2.59 bits per heavy atom. The van der Waals surface area contributed by atoms with Crippen LogP contribution in [0.4, 0.5) is 10.1 Å². The number of carbonyl (C=O) groups is 1. The minimum Gasteiger partial charge on any atom is -0.493 e. The number of rotatable bonds is 8. The number of carboxylic acids is 1. The summed E-state index contributed by atoms with van der Waals surface area (Å²) in [5.41, 5.74) is 2.12. The molecule has 3 aromatic rings. The normalized spacial score (nSPS) is 10.4. The molecule has 150 valence electrons. The van der Waals surface area contributed by atoms with Crippen molar-refractivity contribution in [2.45, 2.75) is 13.2 Å². The van der Waals surface area contributed by atoms with E-state index in [1.165, 1.54) is 19.2 Å². The molecular formula is C22H19ClFNO4. The van der Waals surface area contributed by atoms with Crippen LogP contribution in [0, 0.1) is 5.82 Å². The van der Waals surface area contributed by atoms with Crippen LogP contribution in [0.3, 0.4) is 0 Å². The highest BCUT2D eigenvalue weighted by Crippen LogP contribution is 2.30. The minimum absolute atomic E-state index is 0.0511. The third-order valence-electron chi connectivity index (χ3n) is 4.27. The fourth-order valence-corrected chi connectivity index (χ4v) is 2.98. The molecule has 3 aromatic carbocycles. The zero-order valence-corrected chi connectivity index (χ0v) is 16.4.